The topological polar surface area (TPSA) is 88.5 Å². The number of carbonyl (C=O) groups excluding carboxylic acids is 1. The number of anilines is 1. The molecule has 4 rings (SSSR count). The number of nitrogens with zero attached hydrogens (tertiary/aromatic N) is 4. The molecule has 3 heterocycles. The van der Waals surface area contributed by atoms with Gasteiger partial charge in [0.25, 0.3) is 5.91 Å². The van der Waals surface area contributed by atoms with Gasteiger partial charge in [-0.3, -0.25) is 9.48 Å². The van der Waals surface area contributed by atoms with Crippen LogP contribution in [0.2, 0.25) is 0 Å². The van der Waals surface area contributed by atoms with Crippen LogP contribution >= 0.6 is 0 Å². The maximum Gasteiger partial charge on any atom is 0.259 e. The molecule has 122 valence electrons. The van der Waals surface area contributed by atoms with Gasteiger partial charge < -0.3 is 10.3 Å². The van der Waals surface area contributed by atoms with Crippen molar-refractivity contribution in [1.29, 1.82) is 0 Å². The highest BCUT2D eigenvalue weighted by Gasteiger charge is 2.25. The normalized spacial score (nSPS) is 13.1. The summed E-state index contributed by atoms with van der Waals surface area (Å²) < 4.78 is 1.65. The van der Waals surface area contributed by atoms with Crippen molar-refractivity contribution in [2.45, 2.75) is 26.2 Å². The van der Waals surface area contributed by atoms with E-state index < -0.39 is 0 Å². The van der Waals surface area contributed by atoms with Gasteiger partial charge in [0.1, 0.15) is 6.33 Å². The van der Waals surface area contributed by atoms with E-state index in [1.807, 2.05) is 14.0 Å². The predicted octanol–water partition coefficient (Wildman–Crippen LogP) is 2.25. The SMILES string of the molecule is Cc1ncnc2c1CCCc1[nH]cc(C(=O)Nc3ccn(C)n3)c1-2. The lowest BCUT2D eigenvalue weighted by atomic mass is 10.0. The summed E-state index contributed by atoms with van der Waals surface area (Å²) in [6.45, 7) is 1.99. The van der Waals surface area contributed by atoms with E-state index in [-0.39, 0.29) is 5.91 Å². The largest absolute Gasteiger partial charge is 0.364 e. The van der Waals surface area contributed by atoms with Crippen molar-refractivity contribution >= 4 is 11.7 Å². The number of aromatic nitrogens is 5. The highest BCUT2D eigenvalue weighted by molar-refractivity contribution is 6.08. The summed E-state index contributed by atoms with van der Waals surface area (Å²) in [5, 5.41) is 7.05. The third-order valence-corrected chi connectivity index (χ3v) is 4.41. The molecule has 0 bridgehead atoms. The summed E-state index contributed by atoms with van der Waals surface area (Å²) in [6.07, 6.45) is 7.94. The van der Waals surface area contributed by atoms with Crippen LogP contribution in [0, 0.1) is 6.92 Å². The number of carbonyl (C=O) groups is 1. The fraction of sp³-hybridized carbons (Fsp3) is 0.294. The summed E-state index contributed by atoms with van der Waals surface area (Å²) in [5.74, 6) is 0.348. The highest BCUT2D eigenvalue weighted by atomic mass is 16.1. The van der Waals surface area contributed by atoms with Crippen LogP contribution in [0.15, 0.2) is 24.8 Å². The van der Waals surface area contributed by atoms with Gasteiger partial charge in [0.2, 0.25) is 0 Å². The number of rotatable bonds is 2. The third kappa shape index (κ3) is 2.38. The molecule has 0 aromatic carbocycles. The first-order valence-electron chi connectivity index (χ1n) is 7.95. The molecule has 0 spiro atoms. The van der Waals surface area contributed by atoms with E-state index in [2.05, 4.69) is 25.4 Å². The quantitative estimate of drug-likeness (QED) is 0.757. The molecule has 24 heavy (non-hydrogen) atoms. The average molecular weight is 322 g/mol. The van der Waals surface area contributed by atoms with E-state index in [9.17, 15) is 4.79 Å². The number of nitrogens with one attached hydrogen (secondary N) is 2. The Morgan fingerprint density at radius 3 is 3.00 bits per heavy atom. The minimum Gasteiger partial charge on any atom is -0.364 e. The molecule has 0 saturated carbocycles. The zero-order valence-electron chi connectivity index (χ0n) is 13.6. The predicted molar refractivity (Wildman–Crippen MR) is 89.7 cm³/mol. The zero-order chi connectivity index (χ0) is 16.7. The third-order valence-electron chi connectivity index (χ3n) is 4.41. The molecule has 0 saturated heterocycles. The Morgan fingerprint density at radius 2 is 2.21 bits per heavy atom. The Balaban J connectivity index is 1.78. The lowest BCUT2D eigenvalue weighted by Gasteiger charge is -2.09. The van der Waals surface area contributed by atoms with Crippen LogP contribution in [-0.4, -0.2) is 30.6 Å². The van der Waals surface area contributed by atoms with Crippen LogP contribution in [0.3, 0.4) is 0 Å². The molecule has 0 atom stereocenters. The van der Waals surface area contributed by atoms with Gasteiger partial charge >= 0.3 is 0 Å². The first-order valence-corrected chi connectivity index (χ1v) is 7.95. The van der Waals surface area contributed by atoms with E-state index in [4.69, 9.17) is 0 Å². The van der Waals surface area contributed by atoms with E-state index in [0.29, 0.717) is 11.4 Å². The Kier molecular flexibility index (Phi) is 3.41. The van der Waals surface area contributed by atoms with E-state index in [0.717, 1.165) is 47.5 Å². The Labute approximate surface area is 139 Å². The van der Waals surface area contributed by atoms with Gasteiger partial charge in [-0.1, -0.05) is 0 Å². The highest BCUT2D eigenvalue weighted by Crippen LogP contribution is 2.34. The monoisotopic (exact) mass is 322 g/mol. The fourth-order valence-electron chi connectivity index (χ4n) is 3.24. The molecule has 0 unspecified atom stereocenters. The Morgan fingerprint density at radius 1 is 1.33 bits per heavy atom. The van der Waals surface area contributed by atoms with Gasteiger partial charge in [0.15, 0.2) is 5.82 Å². The zero-order valence-corrected chi connectivity index (χ0v) is 13.6. The summed E-state index contributed by atoms with van der Waals surface area (Å²) in [5.41, 5.74) is 5.51. The summed E-state index contributed by atoms with van der Waals surface area (Å²) >= 11 is 0. The van der Waals surface area contributed by atoms with Crippen LogP contribution in [0.1, 0.15) is 33.7 Å². The minimum absolute atomic E-state index is 0.185. The second kappa shape index (κ2) is 5.59. The van der Waals surface area contributed by atoms with Crippen molar-refractivity contribution in [2.75, 3.05) is 5.32 Å². The molecule has 3 aromatic heterocycles. The maximum atomic E-state index is 12.7. The molecule has 0 aliphatic heterocycles. The molecular formula is C17H18N6O. The Hall–Kier alpha value is -2.96. The van der Waals surface area contributed by atoms with Crippen molar-refractivity contribution in [3.8, 4) is 11.3 Å². The van der Waals surface area contributed by atoms with Crippen LogP contribution < -0.4 is 5.32 Å². The second-order valence-electron chi connectivity index (χ2n) is 6.02. The minimum atomic E-state index is -0.185. The van der Waals surface area contributed by atoms with Gasteiger partial charge in [-0.2, -0.15) is 5.10 Å². The fourth-order valence-corrected chi connectivity index (χ4v) is 3.24. The average Bonchev–Trinajstić information content (AvgIpc) is 3.10. The van der Waals surface area contributed by atoms with Gasteiger partial charge in [-0.15, -0.1) is 0 Å². The molecular weight excluding hydrogens is 304 g/mol. The van der Waals surface area contributed by atoms with Gasteiger partial charge in [0, 0.05) is 42.5 Å². The molecule has 0 radical (unpaired) electrons. The molecule has 2 N–H and O–H groups in total. The molecule has 7 nitrogen and oxygen atoms in total. The van der Waals surface area contributed by atoms with Gasteiger partial charge in [-0.05, 0) is 31.7 Å². The number of amides is 1. The first kappa shape index (κ1) is 14.6. The van der Waals surface area contributed by atoms with Crippen LogP contribution in [-0.2, 0) is 19.9 Å². The maximum absolute atomic E-state index is 12.7. The smallest absolute Gasteiger partial charge is 0.259 e. The molecule has 3 aromatic rings. The second-order valence-corrected chi connectivity index (χ2v) is 6.02. The van der Waals surface area contributed by atoms with Crippen molar-refractivity contribution in [3.63, 3.8) is 0 Å². The molecule has 1 amide bonds. The first-order chi connectivity index (χ1) is 11.6. The van der Waals surface area contributed by atoms with E-state index in [1.54, 1.807) is 29.5 Å². The van der Waals surface area contributed by atoms with Crippen molar-refractivity contribution in [1.82, 2.24) is 24.7 Å². The van der Waals surface area contributed by atoms with E-state index >= 15 is 0 Å². The standard InChI is InChI=1S/C17H18N6O/c1-10-11-4-3-5-13-15(16(11)20-9-19-10)12(8-18-13)17(24)21-14-6-7-23(2)22-14/h6-9,18H,3-5H2,1-2H3,(H,21,22,24). The van der Waals surface area contributed by atoms with Crippen LogP contribution in [0.5, 0.6) is 0 Å². The molecule has 0 fully saturated rings. The number of fused-ring (bicyclic) bond motifs is 3. The molecule has 7 heteroatoms. The number of aromatic amines is 1. The van der Waals surface area contributed by atoms with Crippen molar-refractivity contribution in [3.05, 3.63) is 47.3 Å². The number of hydrogen-bond acceptors (Lipinski definition) is 4. The van der Waals surface area contributed by atoms with Crippen LogP contribution in [0.4, 0.5) is 5.82 Å². The lowest BCUT2D eigenvalue weighted by molar-refractivity contribution is 0.102. The molecule has 1 aliphatic carbocycles. The van der Waals surface area contributed by atoms with Gasteiger partial charge in [0.05, 0.1) is 11.3 Å². The number of H-pyrrole nitrogens is 1. The number of hydrogen-bond donors (Lipinski definition) is 2. The summed E-state index contributed by atoms with van der Waals surface area (Å²) in [4.78, 5) is 24.8. The van der Waals surface area contributed by atoms with Gasteiger partial charge in [-0.25, -0.2) is 9.97 Å². The summed E-state index contributed by atoms with van der Waals surface area (Å²) in [6, 6.07) is 1.77. The lowest BCUT2D eigenvalue weighted by Crippen LogP contribution is -2.13. The van der Waals surface area contributed by atoms with Crippen molar-refractivity contribution < 1.29 is 4.79 Å². The Bertz CT molecular complexity index is 923. The van der Waals surface area contributed by atoms with E-state index in [1.165, 1.54) is 0 Å². The van der Waals surface area contributed by atoms with Crippen LogP contribution in [0.25, 0.3) is 11.3 Å². The summed E-state index contributed by atoms with van der Waals surface area (Å²) in [7, 11) is 1.81. The number of aryl methyl sites for hydroxylation is 3. The van der Waals surface area contributed by atoms with Crippen molar-refractivity contribution in [2.24, 2.45) is 7.05 Å². The molecule has 1 aliphatic rings.